The highest BCUT2D eigenvalue weighted by molar-refractivity contribution is 6.22. The molecule has 0 aromatic heterocycles. The monoisotopic (exact) mass is 380 g/mol. The third-order valence-electron chi connectivity index (χ3n) is 4.90. The van der Waals surface area contributed by atoms with Crippen molar-refractivity contribution in [3.05, 3.63) is 52.6 Å². The number of fused-ring (bicyclic) bond motifs is 2. The van der Waals surface area contributed by atoms with E-state index >= 15 is 0 Å². The summed E-state index contributed by atoms with van der Waals surface area (Å²) in [5, 5.41) is 2.83. The highest BCUT2D eigenvalue weighted by Crippen LogP contribution is 2.38. The summed E-state index contributed by atoms with van der Waals surface area (Å²) in [5.74, 6) is 0.117. The molecular weight excluding hydrogens is 360 g/mol. The molecule has 4 rings (SSSR count). The van der Waals surface area contributed by atoms with E-state index in [0.29, 0.717) is 23.6 Å². The Kier molecular flexibility index (Phi) is 4.30. The minimum Gasteiger partial charge on any atom is -0.492 e. The molecule has 0 saturated carbocycles. The van der Waals surface area contributed by atoms with E-state index in [-0.39, 0.29) is 23.1 Å². The molecule has 7 nitrogen and oxygen atoms in total. The second-order valence-electron chi connectivity index (χ2n) is 6.91. The summed E-state index contributed by atoms with van der Waals surface area (Å²) in [7, 11) is 1.42. The molecule has 2 heterocycles. The average molecular weight is 380 g/mol. The molecule has 0 spiro atoms. The van der Waals surface area contributed by atoms with Gasteiger partial charge < -0.3 is 14.8 Å². The fraction of sp³-hybridized carbons (Fsp3) is 0.286. The van der Waals surface area contributed by atoms with Crippen molar-refractivity contribution in [1.82, 2.24) is 4.90 Å². The van der Waals surface area contributed by atoms with Crippen molar-refractivity contribution in [3.8, 4) is 11.5 Å². The van der Waals surface area contributed by atoms with Crippen LogP contribution in [-0.2, 0) is 6.42 Å². The second-order valence-corrected chi connectivity index (χ2v) is 6.91. The molecule has 144 valence electrons. The molecule has 1 N–H and O–H groups in total. The van der Waals surface area contributed by atoms with Crippen LogP contribution >= 0.6 is 0 Å². The predicted octanol–water partition coefficient (Wildman–Crippen LogP) is 2.89. The lowest BCUT2D eigenvalue weighted by atomic mass is 10.0. The molecule has 2 aromatic rings. The fourth-order valence-electron chi connectivity index (χ4n) is 3.51. The number of hydrogen-bond acceptors (Lipinski definition) is 5. The maximum atomic E-state index is 12.8. The summed E-state index contributed by atoms with van der Waals surface area (Å²) in [6.07, 6.45) is 0.866. The summed E-state index contributed by atoms with van der Waals surface area (Å²) in [6.45, 7) is 4.32. The minimum atomic E-state index is -0.412. The quantitative estimate of drug-likeness (QED) is 0.825. The molecule has 2 aromatic carbocycles. The Hall–Kier alpha value is -3.35. The molecule has 0 radical (unpaired) electrons. The van der Waals surface area contributed by atoms with E-state index in [1.807, 2.05) is 19.9 Å². The highest BCUT2D eigenvalue weighted by atomic mass is 16.5. The van der Waals surface area contributed by atoms with Gasteiger partial charge in [-0.05, 0) is 38.1 Å². The lowest BCUT2D eigenvalue weighted by Gasteiger charge is -2.14. The van der Waals surface area contributed by atoms with E-state index in [1.165, 1.54) is 25.2 Å². The van der Waals surface area contributed by atoms with E-state index in [2.05, 4.69) is 5.32 Å². The first kappa shape index (κ1) is 18.0. The number of nitrogens with one attached hydrogen (secondary N) is 1. The van der Waals surface area contributed by atoms with Crippen molar-refractivity contribution < 1.29 is 23.9 Å². The number of carbonyl (C=O) groups is 3. The van der Waals surface area contributed by atoms with Crippen molar-refractivity contribution in [1.29, 1.82) is 0 Å². The Morgan fingerprint density at radius 1 is 1.21 bits per heavy atom. The topological polar surface area (TPSA) is 84.9 Å². The molecule has 1 atom stereocenters. The maximum absolute atomic E-state index is 12.8. The number of nitrogens with zero attached hydrogens (tertiary/aromatic N) is 1. The smallest absolute Gasteiger partial charge is 0.261 e. The van der Waals surface area contributed by atoms with Gasteiger partial charge in [0.15, 0.2) is 0 Å². The molecular formula is C21H20N2O5. The summed E-state index contributed by atoms with van der Waals surface area (Å²) < 4.78 is 11.4. The van der Waals surface area contributed by atoms with Gasteiger partial charge >= 0.3 is 0 Å². The van der Waals surface area contributed by atoms with Crippen molar-refractivity contribution in [2.75, 3.05) is 19.0 Å². The molecule has 7 heteroatoms. The van der Waals surface area contributed by atoms with Crippen molar-refractivity contribution >= 4 is 23.4 Å². The average Bonchev–Trinajstić information content (AvgIpc) is 3.13. The number of amides is 3. The largest absolute Gasteiger partial charge is 0.492 e. The van der Waals surface area contributed by atoms with Crippen molar-refractivity contribution in [2.24, 2.45) is 0 Å². The first-order valence-electron chi connectivity index (χ1n) is 9.13. The molecule has 2 aliphatic rings. The predicted molar refractivity (Wildman–Crippen MR) is 102 cm³/mol. The van der Waals surface area contributed by atoms with Gasteiger partial charge in [0.25, 0.3) is 17.7 Å². The molecule has 0 unspecified atom stereocenters. The van der Waals surface area contributed by atoms with Crippen LogP contribution in [0.3, 0.4) is 0 Å². The van der Waals surface area contributed by atoms with Gasteiger partial charge in [-0.1, -0.05) is 0 Å². The highest BCUT2D eigenvalue weighted by Gasteiger charge is 2.33. The van der Waals surface area contributed by atoms with Gasteiger partial charge in [-0.3, -0.25) is 19.3 Å². The maximum Gasteiger partial charge on any atom is 0.261 e. The molecule has 0 saturated heterocycles. The lowest BCUT2D eigenvalue weighted by molar-refractivity contribution is 0.0693. The fourth-order valence-corrected chi connectivity index (χ4v) is 3.51. The van der Waals surface area contributed by atoms with Crippen LogP contribution in [0.4, 0.5) is 5.69 Å². The zero-order chi connectivity index (χ0) is 20.0. The van der Waals surface area contributed by atoms with Crippen LogP contribution in [0.1, 0.15) is 50.5 Å². The van der Waals surface area contributed by atoms with Crippen LogP contribution < -0.4 is 14.8 Å². The third kappa shape index (κ3) is 2.89. The van der Waals surface area contributed by atoms with E-state index in [0.717, 1.165) is 22.6 Å². The number of ether oxygens (including phenoxy) is 2. The van der Waals surface area contributed by atoms with Gasteiger partial charge in [-0.15, -0.1) is 0 Å². The van der Waals surface area contributed by atoms with Crippen molar-refractivity contribution in [3.63, 3.8) is 0 Å². The van der Waals surface area contributed by atoms with Gasteiger partial charge in [0.05, 0.1) is 23.4 Å². The first-order chi connectivity index (χ1) is 13.4. The van der Waals surface area contributed by atoms with E-state index in [1.54, 1.807) is 6.07 Å². The molecule has 3 amide bonds. The standard InChI is InChI=1S/C21H20N2O5/c1-4-27-18-9-13-7-11(2)28-17(13)10-16(18)22-19(24)12-5-6-14-15(8-12)21(26)23(3)20(14)25/h5-6,8-11H,4,7H2,1-3H3,(H,22,24)/t11-/m1/s1. The number of imide groups is 1. The van der Waals surface area contributed by atoms with Crippen LogP contribution in [0.5, 0.6) is 11.5 Å². The van der Waals surface area contributed by atoms with Crippen LogP contribution in [0.2, 0.25) is 0 Å². The number of rotatable bonds is 4. The first-order valence-corrected chi connectivity index (χ1v) is 9.13. The summed E-state index contributed by atoms with van der Waals surface area (Å²) in [6, 6.07) is 8.13. The Bertz CT molecular complexity index is 1010. The Balaban J connectivity index is 1.64. The van der Waals surface area contributed by atoms with Crippen LogP contribution in [0.15, 0.2) is 30.3 Å². The zero-order valence-electron chi connectivity index (χ0n) is 15.9. The van der Waals surface area contributed by atoms with Gasteiger partial charge in [-0.25, -0.2) is 0 Å². The Morgan fingerprint density at radius 3 is 2.71 bits per heavy atom. The van der Waals surface area contributed by atoms with E-state index < -0.39 is 11.8 Å². The Labute approximate surface area is 162 Å². The normalized spacial score (nSPS) is 17.2. The zero-order valence-corrected chi connectivity index (χ0v) is 15.9. The number of carbonyl (C=O) groups excluding carboxylic acids is 3. The Morgan fingerprint density at radius 2 is 1.96 bits per heavy atom. The number of anilines is 1. The summed E-state index contributed by atoms with van der Waals surface area (Å²) in [5.41, 5.74) is 2.36. The number of hydrogen-bond donors (Lipinski definition) is 1. The van der Waals surface area contributed by atoms with Gasteiger partial charge in [-0.2, -0.15) is 0 Å². The van der Waals surface area contributed by atoms with Gasteiger partial charge in [0.2, 0.25) is 0 Å². The molecule has 0 aliphatic carbocycles. The molecule has 0 fully saturated rings. The summed E-state index contributed by atoms with van der Waals surface area (Å²) in [4.78, 5) is 38.0. The molecule has 28 heavy (non-hydrogen) atoms. The second kappa shape index (κ2) is 6.67. The molecule has 0 bridgehead atoms. The third-order valence-corrected chi connectivity index (χ3v) is 4.90. The van der Waals surface area contributed by atoms with Crippen LogP contribution in [0, 0.1) is 0 Å². The number of benzene rings is 2. The van der Waals surface area contributed by atoms with E-state index in [9.17, 15) is 14.4 Å². The van der Waals surface area contributed by atoms with Gasteiger partial charge in [0.1, 0.15) is 17.6 Å². The lowest BCUT2D eigenvalue weighted by Crippen LogP contribution is -2.24. The van der Waals surface area contributed by atoms with Crippen LogP contribution in [0.25, 0.3) is 0 Å². The minimum absolute atomic E-state index is 0.0766. The summed E-state index contributed by atoms with van der Waals surface area (Å²) >= 11 is 0. The van der Waals surface area contributed by atoms with Gasteiger partial charge in [0, 0.05) is 30.7 Å². The molecule has 2 aliphatic heterocycles. The van der Waals surface area contributed by atoms with Crippen molar-refractivity contribution in [2.45, 2.75) is 26.4 Å². The van der Waals surface area contributed by atoms with E-state index in [4.69, 9.17) is 9.47 Å². The SMILES string of the molecule is CCOc1cc2c(cc1NC(=O)c1ccc3c(c1)C(=O)N(C)C3=O)O[C@H](C)C2. The van der Waals surface area contributed by atoms with Crippen LogP contribution in [-0.4, -0.2) is 42.4 Å².